The van der Waals surface area contributed by atoms with E-state index >= 15 is 0 Å². The van der Waals surface area contributed by atoms with Crippen molar-refractivity contribution in [2.24, 2.45) is 0 Å². The maximum atomic E-state index is 10.9. The number of methoxy groups -OCH3 is 1. The van der Waals surface area contributed by atoms with Gasteiger partial charge in [0.1, 0.15) is 12.1 Å². The fraction of sp³-hybridized carbons (Fsp3) is 0.118. The predicted molar refractivity (Wildman–Crippen MR) is 110 cm³/mol. The van der Waals surface area contributed by atoms with Crippen molar-refractivity contribution in [1.82, 2.24) is 14.8 Å². The molecule has 0 spiro atoms. The van der Waals surface area contributed by atoms with E-state index in [9.17, 15) is 10.1 Å². The molecule has 3 aromatic rings. The Kier molecular flexibility index (Phi) is 6.02. The monoisotopic (exact) mass is 418 g/mol. The van der Waals surface area contributed by atoms with E-state index in [0.717, 1.165) is 5.56 Å². The first kappa shape index (κ1) is 19.5. The fourth-order valence-corrected chi connectivity index (χ4v) is 2.82. The molecule has 11 heteroatoms. The Balaban J connectivity index is 1.64. The molecule has 3 rings (SSSR count). The molecular weight excluding hydrogens is 404 g/mol. The molecule has 144 valence electrons. The summed E-state index contributed by atoms with van der Waals surface area (Å²) in [5.74, 6) is 0.596. The second kappa shape index (κ2) is 8.63. The number of anilines is 2. The molecule has 1 aromatic heterocycles. The third kappa shape index (κ3) is 4.93. The first-order valence-corrected chi connectivity index (χ1v) is 8.77. The first-order valence-electron chi connectivity index (χ1n) is 7.99. The average molecular weight is 419 g/mol. The van der Waals surface area contributed by atoms with E-state index in [-0.39, 0.29) is 16.5 Å². The van der Waals surface area contributed by atoms with E-state index in [4.69, 9.17) is 28.6 Å². The SMILES string of the molecule is COc1cc([N+](=O)[O-])ccc1NC(=S)Nc1ncn(Cc2cccc(Cl)c2)n1. The zero-order valence-electron chi connectivity index (χ0n) is 14.6. The summed E-state index contributed by atoms with van der Waals surface area (Å²) in [5.41, 5.74) is 1.38. The Labute approximate surface area is 170 Å². The van der Waals surface area contributed by atoms with Crippen LogP contribution in [0.1, 0.15) is 5.56 Å². The van der Waals surface area contributed by atoms with Gasteiger partial charge >= 0.3 is 0 Å². The van der Waals surface area contributed by atoms with Crippen LogP contribution in [0, 0.1) is 10.1 Å². The van der Waals surface area contributed by atoms with Crippen LogP contribution < -0.4 is 15.4 Å². The topological polar surface area (TPSA) is 107 Å². The van der Waals surface area contributed by atoms with Crippen molar-refractivity contribution < 1.29 is 9.66 Å². The number of ether oxygens (including phenoxy) is 1. The van der Waals surface area contributed by atoms with Crippen molar-refractivity contribution in [2.75, 3.05) is 17.7 Å². The summed E-state index contributed by atoms with van der Waals surface area (Å²) in [6, 6.07) is 11.6. The second-order valence-corrected chi connectivity index (χ2v) is 6.46. The van der Waals surface area contributed by atoms with Gasteiger partial charge in [0.15, 0.2) is 5.11 Å². The number of hydrogen-bond donors (Lipinski definition) is 2. The standard InChI is InChI=1S/C17H15ClN6O3S/c1-27-15-8-13(24(25)26)5-6-14(15)20-17(28)21-16-19-10-23(22-16)9-11-3-2-4-12(18)7-11/h2-8,10H,9H2,1H3,(H2,20,21,22,28). The van der Waals surface area contributed by atoms with Gasteiger partial charge in [-0.15, -0.1) is 5.10 Å². The zero-order chi connectivity index (χ0) is 20.1. The number of benzene rings is 2. The maximum Gasteiger partial charge on any atom is 0.273 e. The molecule has 0 aliphatic rings. The molecule has 0 fully saturated rings. The molecule has 0 saturated heterocycles. The van der Waals surface area contributed by atoms with Crippen LogP contribution >= 0.6 is 23.8 Å². The Bertz CT molecular complexity index is 1030. The Morgan fingerprint density at radius 3 is 2.86 bits per heavy atom. The molecule has 0 saturated carbocycles. The van der Waals surface area contributed by atoms with Gasteiger partial charge in [-0.05, 0) is 36.0 Å². The fourth-order valence-electron chi connectivity index (χ4n) is 2.40. The van der Waals surface area contributed by atoms with Crippen molar-refractivity contribution in [3.63, 3.8) is 0 Å². The molecule has 0 aliphatic heterocycles. The summed E-state index contributed by atoms with van der Waals surface area (Å²) in [4.78, 5) is 14.5. The van der Waals surface area contributed by atoms with E-state index in [1.807, 2.05) is 18.2 Å². The number of nitro groups is 1. The Hall–Kier alpha value is -3.24. The smallest absolute Gasteiger partial charge is 0.273 e. The quantitative estimate of drug-likeness (QED) is 0.354. The van der Waals surface area contributed by atoms with Gasteiger partial charge in [0.2, 0.25) is 5.95 Å². The molecule has 1 heterocycles. The van der Waals surface area contributed by atoms with Crippen molar-refractivity contribution >= 4 is 46.3 Å². The summed E-state index contributed by atoms with van der Waals surface area (Å²) in [5, 5.41) is 21.8. The van der Waals surface area contributed by atoms with E-state index < -0.39 is 4.92 Å². The lowest BCUT2D eigenvalue weighted by Gasteiger charge is -2.11. The lowest BCUT2D eigenvalue weighted by atomic mass is 10.2. The summed E-state index contributed by atoms with van der Waals surface area (Å²) >= 11 is 11.2. The van der Waals surface area contributed by atoms with Gasteiger partial charge in [-0.25, -0.2) is 9.67 Å². The molecule has 0 bridgehead atoms. The minimum atomic E-state index is -0.501. The number of hydrogen-bond acceptors (Lipinski definition) is 6. The number of thiocarbonyl (C=S) groups is 1. The van der Waals surface area contributed by atoms with Gasteiger partial charge in [0.05, 0.1) is 30.3 Å². The third-order valence-corrected chi connectivity index (χ3v) is 4.08. The number of non-ortho nitro benzene ring substituents is 1. The minimum absolute atomic E-state index is 0.0808. The van der Waals surface area contributed by atoms with Crippen molar-refractivity contribution in [2.45, 2.75) is 6.54 Å². The molecule has 0 radical (unpaired) electrons. The molecule has 9 nitrogen and oxygen atoms in total. The maximum absolute atomic E-state index is 10.9. The van der Waals surface area contributed by atoms with Crippen LogP contribution in [-0.4, -0.2) is 31.9 Å². The van der Waals surface area contributed by atoms with Crippen LogP contribution in [0.2, 0.25) is 5.02 Å². The van der Waals surface area contributed by atoms with Crippen molar-refractivity contribution in [3.8, 4) is 5.75 Å². The lowest BCUT2D eigenvalue weighted by molar-refractivity contribution is -0.384. The summed E-state index contributed by atoms with van der Waals surface area (Å²) < 4.78 is 6.81. The Morgan fingerprint density at radius 2 is 2.14 bits per heavy atom. The number of aromatic nitrogens is 3. The van der Waals surface area contributed by atoms with Gasteiger partial charge in [0.25, 0.3) is 5.69 Å². The highest BCUT2D eigenvalue weighted by molar-refractivity contribution is 7.80. The van der Waals surface area contributed by atoms with E-state index in [1.54, 1.807) is 17.1 Å². The summed E-state index contributed by atoms with van der Waals surface area (Å²) in [6.45, 7) is 0.506. The predicted octanol–water partition coefficient (Wildman–Crippen LogP) is 3.71. The molecule has 28 heavy (non-hydrogen) atoms. The van der Waals surface area contributed by atoms with Gasteiger partial charge in [-0.1, -0.05) is 23.7 Å². The highest BCUT2D eigenvalue weighted by Crippen LogP contribution is 2.29. The lowest BCUT2D eigenvalue weighted by Crippen LogP contribution is -2.20. The van der Waals surface area contributed by atoms with Crippen molar-refractivity contribution in [3.05, 3.63) is 69.5 Å². The van der Waals surface area contributed by atoms with Crippen LogP contribution in [0.15, 0.2) is 48.8 Å². The highest BCUT2D eigenvalue weighted by atomic mass is 35.5. The number of nitro benzene ring substituents is 1. The van der Waals surface area contributed by atoms with Gasteiger partial charge < -0.3 is 10.1 Å². The normalized spacial score (nSPS) is 10.4. The second-order valence-electron chi connectivity index (χ2n) is 5.62. The molecule has 2 aromatic carbocycles. The van der Waals surface area contributed by atoms with Crippen LogP contribution in [0.5, 0.6) is 5.75 Å². The number of rotatable bonds is 6. The van der Waals surface area contributed by atoms with Crippen LogP contribution in [0.25, 0.3) is 0 Å². The largest absolute Gasteiger partial charge is 0.494 e. The zero-order valence-corrected chi connectivity index (χ0v) is 16.2. The molecular formula is C17H15ClN6O3S. The third-order valence-electron chi connectivity index (χ3n) is 3.64. The summed E-state index contributed by atoms with van der Waals surface area (Å²) in [7, 11) is 1.42. The van der Waals surface area contributed by atoms with Crippen LogP contribution in [-0.2, 0) is 6.54 Å². The van der Waals surface area contributed by atoms with E-state index in [2.05, 4.69) is 20.7 Å². The van der Waals surface area contributed by atoms with E-state index in [1.165, 1.54) is 25.3 Å². The van der Waals surface area contributed by atoms with Crippen LogP contribution in [0.4, 0.5) is 17.3 Å². The molecule has 2 N–H and O–H groups in total. The Morgan fingerprint density at radius 1 is 1.32 bits per heavy atom. The van der Waals surface area contributed by atoms with Gasteiger partial charge in [-0.3, -0.25) is 15.4 Å². The summed E-state index contributed by atoms with van der Waals surface area (Å²) in [6.07, 6.45) is 1.57. The average Bonchev–Trinajstić information content (AvgIpc) is 3.08. The molecule has 0 unspecified atom stereocenters. The number of nitrogens with zero attached hydrogens (tertiary/aromatic N) is 4. The van der Waals surface area contributed by atoms with Gasteiger partial charge in [0, 0.05) is 11.1 Å². The first-order chi connectivity index (χ1) is 13.4. The molecule has 0 aliphatic carbocycles. The minimum Gasteiger partial charge on any atom is -0.494 e. The molecule has 0 atom stereocenters. The molecule has 0 amide bonds. The highest BCUT2D eigenvalue weighted by Gasteiger charge is 2.13. The van der Waals surface area contributed by atoms with Gasteiger partial charge in [-0.2, -0.15) is 0 Å². The number of halogens is 1. The van der Waals surface area contributed by atoms with Crippen LogP contribution in [0.3, 0.4) is 0 Å². The van der Waals surface area contributed by atoms with Crippen molar-refractivity contribution in [1.29, 1.82) is 0 Å². The number of nitrogens with one attached hydrogen (secondary N) is 2. The van der Waals surface area contributed by atoms with E-state index in [0.29, 0.717) is 23.2 Å².